The fourth-order valence-corrected chi connectivity index (χ4v) is 4.37. The third-order valence-electron chi connectivity index (χ3n) is 4.86. The number of nitrogens with one attached hydrogen (secondary N) is 1. The number of hydrogen-bond acceptors (Lipinski definition) is 5. The van der Waals surface area contributed by atoms with Gasteiger partial charge in [-0.05, 0) is 25.5 Å². The summed E-state index contributed by atoms with van der Waals surface area (Å²) in [6.45, 7) is 4.16. The van der Waals surface area contributed by atoms with Crippen molar-refractivity contribution in [3.63, 3.8) is 0 Å². The zero-order valence-corrected chi connectivity index (χ0v) is 16.8. The van der Waals surface area contributed by atoms with Gasteiger partial charge in [0.15, 0.2) is 10.7 Å². The fraction of sp³-hybridized carbons (Fsp3) is 0.500. The van der Waals surface area contributed by atoms with Gasteiger partial charge >= 0.3 is 5.97 Å². The first-order chi connectivity index (χ1) is 12.5. The van der Waals surface area contributed by atoms with E-state index in [1.807, 2.05) is 36.6 Å². The van der Waals surface area contributed by atoms with Gasteiger partial charge < -0.3 is 10.1 Å². The number of thiazole rings is 1. The number of ether oxygens (including phenoxy) is 1. The van der Waals surface area contributed by atoms with Crippen LogP contribution in [-0.2, 0) is 15.1 Å². The number of carbonyl (C=O) groups excluding carboxylic acids is 1. The van der Waals surface area contributed by atoms with Crippen molar-refractivity contribution in [1.82, 2.24) is 4.98 Å². The van der Waals surface area contributed by atoms with Crippen LogP contribution in [0.5, 0.6) is 0 Å². The van der Waals surface area contributed by atoms with Crippen LogP contribution >= 0.6 is 22.9 Å². The van der Waals surface area contributed by atoms with E-state index in [2.05, 4.69) is 17.2 Å². The van der Waals surface area contributed by atoms with Crippen LogP contribution in [-0.4, -0.2) is 11.0 Å². The van der Waals surface area contributed by atoms with Gasteiger partial charge in [0.2, 0.25) is 0 Å². The predicted molar refractivity (Wildman–Crippen MR) is 107 cm³/mol. The van der Waals surface area contributed by atoms with Crippen LogP contribution in [0.2, 0.25) is 5.02 Å². The molecule has 1 N–H and O–H groups in total. The van der Waals surface area contributed by atoms with Gasteiger partial charge in [0.05, 0.1) is 22.3 Å². The molecule has 26 heavy (non-hydrogen) atoms. The summed E-state index contributed by atoms with van der Waals surface area (Å²) in [7, 11) is 0. The van der Waals surface area contributed by atoms with Gasteiger partial charge in [-0.25, -0.2) is 4.98 Å². The summed E-state index contributed by atoms with van der Waals surface area (Å²) < 4.78 is 5.74. The lowest BCUT2D eigenvalue weighted by molar-refractivity contribution is -0.150. The van der Waals surface area contributed by atoms with Crippen LogP contribution in [0.4, 0.5) is 10.8 Å². The summed E-state index contributed by atoms with van der Waals surface area (Å²) >= 11 is 7.68. The number of benzene rings is 1. The van der Waals surface area contributed by atoms with Crippen LogP contribution in [0.25, 0.3) is 0 Å². The number of para-hydroxylation sites is 1. The third-order valence-corrected chi connectivity index (χ3v) is 5.95. The summed E-state index contributed by atoms with van der Waals surface area (Å²) in [6.07, 6.45) is 6.30. The summed E-state index contributed by atoms with van der Waals surface area (Å²) in [5.74, 6) is -0.101. The molecule has 1 aliphatic heterocycles. The first-order valence-corrected chi connectivity index (χ1v) is 10.5. The number of rotatable bonds is 8. The minimum Gasteiger partial charge on any atom is -0.453 e. The van der Waals surface area contributed by atoms with E-state index in [9.17, 15) is 4.79 Å². The van der Waals surface area contributed by atoms with Gasteiger partial charge in [-0.15, -0.1) is 11.3 Å². The maximum atomic E-state index is 12.3. The number of aromatic nitrogens is 1. The van der Waals surface area contributed by atoms with Crippen LogP contribution in [0.1, 0.15) is 58.1 Å². The maximum Gasteiger partial charge on any atom is 0.310 e. The Balaban J connectivity index is 1.65. The predicted octanol–water partition coefficient (Wildman–Crippen LogP) is 6.29. The molecule has 0 unspecified atom stereocenters. The molecule has 0 radical (unpaired) electrons. The molecule has 0 amide bonds. The van der Waals surface area contributed by atoms with Crippen molar-refractivity contribution in [2.24, 2.45) is 5.92 Å². The summed E-state index contributed by atoms with van der Waals surface area (Å²) in [6, 6.07) is 7.56. The molecule has 140 valence electrons. The van der Waals surface area contributed by atoms with E-state index in [1.54, 1.807) is 0 Å². The van der Waals surface area contributed by atoms with Gasteiger partial charge in [0.25, 0.3) is 0 Å². The highest BCUT2D eigenvalue weighted by Crippen LogP contribution is 2.42. The number of carbonyl (C=O) groups is 1. The molecule has 0 spiro atoms. The monoisotopic (exact) mass is 392 g/mol. The number of cyclic esters (lactones) is 1. The van der Waals surface area contributed by atoms with Crippen molar-refractivity contribution in [1.29, 1.82) is 0 Å². The zero-order valence-electron chi connectivity index (χ0n) is 15.3. The van der Waals surface area contributed by atoms with Crippen molar-refractivity contribution < 1.29 is 9.53 Å². The average molecular weight is 393 g/mol. The largest absolute Gasteiger partial charge is 0.453 e. The molecule has 2 heterocycles. The molecular weight excluding hydrogens is 368 g/mol. The fourth-order valence-electron chi connectivity index (χ4n) is 3.35. The van der Waals surface area contributed by atoms with Crippen molar-refractivity contribution in [2.45, 2.75) is 58.0 Å². The van der Waals surface area contributed by atoms with Gasteiger partial charge in [-0.3, -0.25) is 4.79 Å². The van der Waals surface area contributed by atoms with E-state index >= 15 is 0 Å². The lowest BCUT2D eigenvalue weighted by Gasteiger charge is -2.20. The highest BCUT2D eigenvalue weighted by molar-refractivity contribution is 7.13. The average Bonchev–Trinajstić information content (AvgIpc) is 3.19. The lowest BCUT2D eigenvalue weighted by atomic mass is 9.90. The molecule has 2 aromatic rings. The van der Waals surface area contributed by atoms with E-state index in [0.717, 1.165) is 29.4 Å². The van der Waals surface area contributed by atoms with Crippen molar-refractivity contribution in [2.75, 3.05) is 5.32 Å². The van der Waals surface area contributed by atoms with Gasteiger partial charge in [-0.1, -0.05) is 56.3 Å². The molecule has 1 fully saturated rings. The van der Waals surface area contributed by atoms with Gasteiger partial charge in [0, 0.05) is 11.8 Å². The second kappa shape index (κ2) is 8.40. The molecule has 1 aromatic heterocycles. The second-order valence-electron chi connectivity index (χ2n) is 7.05. The Bertz CT molecular complexity index is 764. The zero-order chi connectivity index (χ0) is 18.6. The number of unbranched alkanes of at least 4 members (excludes halogenated alkanes) is 3. The molecule has 0 aliphatic carbocycles. The Hall–Kier alpha value is -1.59. The van der Waals surface area contributed by atoms with Gasteiger partial charge in [-0.2, -0.15) is 0 Å². The van der Waals surface area contributed by atoms with E-state index in [1.165, 1.54) is 30.6 Å². The number of halogens is 1. The Morgan fingerprint density at radius 1 is 1.35 bits per heavy atom. The van der Waals surface area contributed by atoms with Crippen LogP contribution < -0.4 is 5.32 Å². The number of hydrogen-bond donors (Lipinski definition) is 1. The third kappa shape index (κ3) is 4.38. The molecule has 0 bridgehead atoms. The Morgan fingerprint density at radius 2 is 2.15 bits per heavy atom. The summed E-state index contributed by atoms with van der Waals surface area (Å²) in [5.41, 5.74) is 0.988. The molecule has 1 aliphatic rings. The van der Waals surface area contributed by atoms with Crippen molar-refractivity contribution in [3.8, 4) is 0 Å². The molecule has 1 saturated heterocycles. The SMILES string of the molecule is CCCCCC[C@H]1C[C@](C)(c2csc(Nc3ccccc3Cl)n2)OC1=O. The smallest absolute Gasteiger partial charge is 0.310 e. The standard InChI is InChI=1S/C20H25ClN2O2S/c1-3-4-5-6-9-14-12-20(2,25-18(14)24)17-13-26-19(23-17)22-16-11-8-7-10-15(16)21/h7-8,10-11,13-14H,3-6,9,12H2,1-2H3,(H,22,23)/t14-,20+/m0/s1. The molecule has 0 saturated carbocycles. The highest BCUT2D eigenvalue weighted by atomic mass is 35.5. The van der Waals surface area contributed by atoms with E-state index in [-0.39, 0.29) is 11.9 Å². The molecule has 1 aromatic carbocycles. The number of nitrogens with zero attached hydrogens (tertiary/aromatic N) is 1. The molecule has 2 atom stereocenters. The van der Waals surface area contributed by atoms with Crippen molar-refractivity contribution >= 4 is 39.7 Å². The first-order valence-electron chi connectivity index (χ1n) is 9.22. The van der Waals surface area contributed by atoms with Crippen molar-refractivity contribution in [3.05, 3.63) is 40.4 Å². The Labute approximate surface area is 163 Å². The summed E-state index contributed by atoms with van der Waals surface area (Å²) in [5, 5.41) is 6.60. The molecular formula is C20H25ClN2O2S. The number of esters is 1. The molecule has 6 heteroatoms. The maximum absolute atomic E-state index is 12.3. The Morgan fingerprint density at radius 3 is 2.92 bits per heavy atom. The van der Waals surface area contributed by atoms with Crippen LogP contribution in [0, 0.1) is 5.92 Å². The first kappa shape index (κ1) is 19.2. The summed E-state index contributed by atoms with van der Waals surface area (Å²) in [4.78, 5) is 16.9. The van der Waals surface area contributed by atoms with E-state index < -0.39 is 5.60 Å². The quantitative estimate of drug-likeness (QED) is 0.423. The topological polar surface area (TPSA) is 51.2 Å². The van der Waals surface area contributed by atoms with E-state index in [0.29, 0.717) is 11.4 Å². The van der Waals surface area contributed by atoms with E-state index in [4.69, 9.17) is 16.3 Å². The highest BCUT2D eigenvalue weighted by Gasteiger charge is 2.45. The van der Waals surface area contributed by atoms with Gasteiger partial charge in [0.1, 0.15) is 0 Å². The number of anilines is 2. The lowest BCUT2D eigenvalue weighted by Crippen LogP contribution is -2.21. The Kier molecular flexibility index (Phi) is 6.20. The molecule has 3 rings (SSSR count). The normalized spacial score (nSPS) is 22.4. The minimum atomic E-state index is -0.635. The second-order valence-corrected chi connectivity index (χ2v) is 8.31. The van der Waals surface area contributed by atoms with Crippen LogP contribution in [0.3, 0.4) is 0 Å². The minimum absolute atomic E-state index is 0.0152. The van der Waals surface area contributed by atoms with Crippen LogP contribution in [0.15, 0.2) is 29.6 Å². The molecule has 4 nitrogen and oxygen atoms in total.